The van der Waals surface area contributed by atoms with Crippen LogP contribution in [0.1, 0.15) is 71.3 Å². The lowest BCUT2D eigenvalue weighted by molar-refractivity contribution is -0.139. The van der Waals surface area contributed by atoms with Crippen LogP contribution >= 0.6 is 0 Å². The molecular formula is C23H36O3. The summed E-state index contributed by atoms with van der Waals surface area (Å²) in [6, 6.07) is 8.39. The highest BCUT2D eigenvalue weighted by molar-refractivity contribution is 5.81. The van der Waals surface area contributed by atoms with Crippen LogP contribution in [0.3, 0.4) is 0 Å². The molecule has 1 atom stereocenters. The van der Waals surface area contributed by atoms with Gasteiger partial charge in [-0.1, -0.05) is 70.6 Å². The fourth-order valence-electron chi connectivity index (χ4n) is 2.73. The Hall–Kier alpha value is -1.77. The average molecular weight is 361 g/mol. The molecule has 3 nitrogen and oxygen atoms in total. The molecule has 0 N–H and O–H groups in total. The molecule has 0 amide bonds. The maximum Gasteiger partial charge on any atom is 0.330 e. The number of allylic oxidation sites excluding steroid dienone is 1. The Balaban J connectivity index is 2.16. The molecule has 3 heteroatoms. The highest BCUT2D eigenvalue weighted by Crippen LogP contribution is 2.16. The molecule has 0 aromatic heterocycles. The van der Waals surface area contributed by atoms with E-state index in [0.717, 1.165) is 12.2 Å². The molecule has 0 aliphatic carbocycles. The number of rotatable bonds is 14. The van der Waals surface area contributed by atoms with Gasteiger partial charge in [0.25, 0.3) is 0 Å². The van der Waals surface area contributed by atoms with Crippen LogP contribution in [0.5, 0.6) is 5.75 Å². The summed E-state index contributed by atoms with van der Waals surface area (Å²) in [7, 11) is 0. The number of hydrogen-bond acceptors (Lipinski definition) is 3. The molecule has 0 fully saturated rings. The van der Waals surface area contributed by atoms with Crippen LogP contribution in [-0.4, -0.2) is 19.2 Å². The normalized spacial score (nSPS) is 12.3. The van der Waals surface area contributed by atoms with E-state index in [2.05, 4.69) is 19.1 Å². The van der Waals surface area contributed by atoms with Crippen LogP contribution in [0.25, 0.3) is 0 Å². The first-order chi connectivity index (χ1) is 12.7. The summed E-state index contributed by atoms with van der Waals surface area (Å²) in [6.45, 7) is 6.98. The van der Waals surface area contributed by atoms with Gasteiger partial charge in [0.1, 0.15) is 5.75 Å². The predicted octanol–water partition coefficient (Wildman–Crippen LogP) is 6.11. The molecule has 0 saturated heterocycles. The first kappa shape index (κ1) is 22.3. The molecule has 26 heavy (non-hydrogen) atoms. The van der Waals surface area contributed by atoms with Crippen molar-refractivity contribution in [1.82, 2.24) is 0 Å². The van der Waals surface area contributed by atoms with Gasteiger partial charge in [0.15, 0.2) is 0 Å². The van der Waals surface area contributed by atoms with E-state index in [1.54, 1.807) is 13.0 Å². The maximum atomic E-state index is 11.3. The van der Waals surface area contributed by atoms with Gasteiger partial charge in [-0.2, -0.15) is 0 Å². The first-order valence-electron chi connectivity index (χ1n) is 10.2. The summed E-state index contributed by atoms with van der Waals surface area (Å²) >= 11 is 0. The summed E-state index contributed by atoms with van der Waals surface area (Å²) in [5.74, 6) is 0.741. The van der Waals surface area contributed by atoms with Crippen molar-refractivity contribution in [2.75, 3.05) is 13.2 Å². The third-order valence-electron chi connectivity index (χ3n) is 4.34. The van der Waals surface area contributed by atoms with E-state index in [4.69, 9.17) is 9.47 Å². The van der Waals surface area contributed by atoms with E-state index >= 15 is 0 Å². The number of unbranched alkanes of at least 4 members (excludes halogenated alkanes) is 6. The third kappa shape index (κ3) is 11.0. The number of carbonyl (C=O) groups is 1. The van der Waals surface area contributed by atoms with Gasteiger partial charge in [0.2, 0.25) is 0 Å². The molecule has 0 saturated carbocycles. The second-order valence-electron chi connectivity index (χ2n) is 7.06. The summed E-state index contributed by atoms with van der Waals surface area (Å²) in [4.78, 5) is 11.3. The lowest BCUT2D eigenvalue weighted by Gasteiger charge is -2.13. The number of esters is 1. The number of hydrogen-bond donors (Lipinski definition) is 0. The molecule has 1 aromatic rings. The SMILES string of the molecule is C/C=C/C(=O)OCC(C)COc1ccc(CCCCCCCCC)cc1. The molecule has 1 aromatic carbocycles. The molecular weight excluding hydrogens is 324 g/mol. The second-order valence-corrected chi connectivity index (χ2v) is 7.06. The number of benzene rings is 1. The van der Waals surface area contributed by atoms with Crippen molar-refractivity contribution in [3.05, 3.63) is 42.0 Å². The zero-order valence-corrected chi connectivity index (χ0v) is 16.8. The van der Waals surface area contributed by atoms with E-state index in [9.17, 15) is 4.79 Å². The van der Waals surface area contributed by atoms with E-state index in [1.807, 2.05) is 19.1 Å². The molecule has 146 valence electrons. The summed E-state index contributed by atoms with van der Waals surface area (Å²) < 4.78 is 10.9. The summed E-state index contributed by atoms with van der Waals surface area (Å²) in [5, 5.41) is 0. The van der Waals surface area contributed by atoms with Crippen molar-refractivity contribution in [1.29, 1.82) is 0 Å². The molecule has 0 bridgehead atoms. The van der Waals surface area contributed by atoms with Crippen LogP contribution in [0, 0.1) is 5.92 Å². The Morgan fingerprint density at radius 2 is 1.65 bits per heavy atom. The number of ether oxygens (including phenoxy) is 2. The van der Waals surface area contributed by atoms with E-state index in [0.29, 0.717) is 13.2 Å². The van der Waals surface area contributed by atoms with Crippen LogP contribution in [0.2, 0.25) is 0 Å². The van der Waals surface area contributed by atoms with Crippen LogP contribution in [-0.2, 0) is 16.0 Å². The third-order valence-corrected chi connectivity index (χ3v) is 4.34. The van der Waals surface area contributed by atoms with Crippen molar-refractivity contribution in [2.45, 2.75) is 72.1 Å². The zero-order chi connectivity index (χ0) is 19.0. The van der Waals surface area contributed by atoms with Gasteiger partial charge >= 0.3 is 5.97 Å². The van der Waals surface area contributed by atoms with Crippen LogP contribution in [0.4, 0.5) is 0 Å². The van der Waals surface area contributed by atoms with Gasteiger partial charge in [0, 0.05) is 12.0 Å². The molecule has 0 aliphatic heterocycles. The largest absolute Gasteiger partial charge is 0.493 e. The monoisotopic (exact) mass is 360 g/mol. The van der Waals surface area contributed by atoms with Gasteiger partial charge in [0.05, 0.1) is 13.2 Å². The van der Waals surface area contributed by atoms with Gasteiger partial charge in [-0.3, -0.25) is 0 Å². The molecule has 1 unspecified atom stereocenters. The van der Waals surface area contributed by atoms with E-state index in [1.165, 1.54) is 56.6 Å². The average Bonchev–Trinajstić information content (AvgIpc) is 2.65. The minimum Gasteiger partial charge on any atom is -0.493 e. The quantitative estimate of drug-likeness (QED) is 0.228. The minimum absolute atomic E-state index is 0.164. The molecule has 1 rings (SSSR count). The van der Waals surface area contributed by atoms with Crippen LogP contribution in [0.15, 0.2) is 36.4 Å². The van der Waals surface area contributed by atoms with Gasteiger partial charge < -0.3 is 9.47 Å². The van der Waals surface area contributed by atoms with Gasteiger partial charge in [-0.05, 0) is 37.5 Å². The Kier molecular flexibility index (Phi) is 12.3. The highest BCUT2D eigenvalue weighted by Gasteiger charge is 2.06. The van der Waals surface area contributed by atoms with Gasteiger partial charge in [-0.15, -0.1) is 0 Å². The number of aryl methyl sites for hydroxylation is 1. The van der Waals surface area contributed by atoms with Crippen molar-refractivity contribution in [3.8, 4) is 5.75 Å². The fraction of sp³-hybridized carbons (Fsp3) is 0.609. The molecule has 0 aliphatic rings. The molecule has 0 heterocycles. The number of carbonyl (C=O) groups excluding carboxylic acids is 1. The van der Waals surface area contributed by atoms with Crippen molar-refractivity contribution < 1.29 is 14.3 Å². The Labute approximate surface area is 159 Å². The van der Waals surface area contributed by atoms with Crippen LogP contribution < -0.4 is 4.74 Å². The van der Waals surface area contributed by atoms with Crippen molar-refractivity contribution in [3.63, 3.8) is 0 Å². The predicted molar refractivity (Wildman–Crippen MR) is 109 cm³/mol. The Bertz CT molecular complexity index is 505. The maximum absolute atomic E-state index is 11.3. The fourth-order valence-corrected chi connectivity index (χ4v) is 2.73. The topological polar surface area (TPSA) is 35.5 Å². The van der Waals surface area contributed by atoms with E-state index < -0.39 is 0 Å². The van der Waals surface area contributed by atoms with E-state index in [-0.39, 0.29) is 11.9 Å². The summed E-state index contributed by atoms with van der Waals surface area (Å²) in [5.41, 5.74) is 1.37. The minimum atomic E-state index is -0.297. The lowest BCUT2D eigenvalue weighted by atomic mass is 10.0. The second kappa shape index (κ2) is 14.4. The van der Waals surface area contributed by atoms with Crippen molar-refractivity contribution >= 4 is 5.97 Å². The van der Waals surface area contributed by atoms with Gasteiger partial charge in [-0.25, -0.2) is 4.79 Å². The summed E-state index contributed by atoms with van der Waals surface area (Å²) in [6.07, 6.45) is 13.6. The highest BCUT2D eigenvalue weighted by atomic mass is 16.5. The molecule has 0 radical (unpaired) electrons. The molecule has 0 spiro atoms. The first-order valence-corrected chi connectivity index (χ1v) is 10.2. The lowest BCUT2D eigenvalue weighted by Crippen LogP contribution is -2.16. The Morgan fingerprint density at radius 3 is 2.31 bits per heavy atom. The standard InChI is InChI=1S/C23H36O3/c1-4-6-7-8-9-10-11-13-21-14-16-22(17-15-21)25-18-20(3)19-26-23(24)12-5-2/h5,12,14-17,20H,4,6-11,13,18-19H2,1-3H3/b12-5+. The smallest absolute Gasteiger partial charge is 0.330 e. The van der Waals surface area contributed by atoms with Crippen molar-refractivity contribution in [2.24, 2.45) is 5.92 Å². The Morgan fingerprint density at radius 1 is 1.00 bits per heavy atom. The zero-order valence-electron chi connectivity index (χ0n) is 16.8.